The molecule has 202 valence electrons. The smallest absolute Gasteiger partial charge is 0.272 e. The molecule has 0 unspecified atom stereocenters. The summed E-state index contributed by atoms with van der Waals surface area (Å²) in [4.78, 5) is 41.1. The van der Waals surface area contributed by atoms with E-state index in [0.29, 0.717) is 49.0 Å². The largest absolute Gasteiger partial charge is 0.349 e. The summed E-state index contributed by atoms with van der Waals surface area (Å²) < 4.78 is 28.9. The van der Waals surface area contributed by atoms with Crippen molar-refractivity contribution in [2.45, 2.75) is 43.3 Å². The second-order valence-corrected chi connectivity index (χ2v) is 12.3. The van der Waals surface area contributed by atoms with Gasteiger partial charge in [0.05, 0.1) is 11.6 Å². The minimum Gasteiger partial charge on any atom is -0.349 e. The van der Waals surface area contributed by atoms with Crippen molar-refractivity contribution in [2.75, 3.05) is 33.7 Å². The van der Waals surface area contributed by atoms with Gasteiger partial charge in [0.2, 0.25) is 15.9 Å². The fourth-order valence-electron chi connectivity index (χ4n) is 4.74. The number of nitrogens with one attached hydrogen (secondary N) is 1. The number of fused-ring (bicyclic) bond motifs is 1. The molecular weight excluding hydrogens is 508 g/mol. The number of sulfonamides is 1. The fraction of sp³-hybridized carbons (Fsp3) is 0.500. The number of hydrogen-bond acceptors (Lipinski definition) is 7. The number of aryl methyl sites for hydroxylation is 2. The Bertz CT molecular complexity index is 1400. The second-order valence-electron chi connectivity index (χ2n) is 10.1. The highest BCUT2D eigenvalue weighted by Gasteiger charge is 2.56. The number of aromatic nitrogens is 2. The van der Waals surface area contributed by atoms with E-state index in [1.165, 1.54) is 14.5 Å². The Labute approximate surface area is 222 Å². The second kappa shape index (κ2) is 10.7. The van der Waals surface area contributed by atoms with Crippen molar-refractivity contribution in [3.05, 3.63) is 52.3 Å². The zero-order chi connectivity index (χ0) is 27.7. The zero-order valence-electron chi connectivity index (χ0n) is 21.9. The van der Waals surface area contributed by atoms with Crippen LogP contribution in [0.15, 0.2) is 24.3 Å². The molecule has 12 heteroatoms. The number of carbonyl (C=O) groups excluding carboxylic acids is 3. The summed E-state index contributed by atoms with van der Waals surface area (Å²) in [7, 11) is 1.11. The molecule has 0 spiro atoms. The van der Waals surface area contributed by atoms with Crippen LogP contribution in [-0.2, 0) is 34.7 Å². The van der Waals surface area contributed by atoms with Gasteiger partial charge in [-0.3, -0.25) is 19.1 Å². The minimum atomic E-state index is -3.74. The van der Waals surface area contributed by atoms with Crippen LogP contribution in [0.1, 0.15) is 63.4 Å². The monoisotopic (exact) mass is 540 g/mol. The molecule has 1 saturated carbocycles. The molecule has 1 aromatic heterocycles. The first-order valence-corrected chi connectivity index (χ1v) is 14.0. The van der Waals surface area contributed by atoms with E-state index in [1.807, 2.05) is 12.1 Å². The summed E-state index contributed by atoms with van der Waals surface area (Å²) in [5.74, 6) is -0.670. The Hall–Kier alpha value is -3.56. The lowest BCUT2D eigenvalue weighted by molar-refractivity contribution is -0.128. The third kappa shape index (κ3) is 5.49. The topological polar surface area (TPSA) is 145 Å². The van der Waals surface area contributed by atoms with Crippen molar-refractivity contribution in [1.29, 1.82) is 5.26 Å². The zero-order valence-corrected chi connectivity index (χ0v) is 22.7. The maximum atomic E-state index is 13.4. The molecule has 1 N–H and O–H groups in total. The van der Waals surface area contributed by atoms with Gasteiger partial charge in [0.25, 0.3) is 5.91 Å². The number of benzene rings is 1. The van der Waals surface area contributed by atoms with Crippen molar-refractivity contribution < 1.29 is 22.8 Å². The molecule has 1 aliphatic heterocycles. The Balaban J connectivity index is 1.41. The first-order valence-electron chi connectivity index (χ1n) is 12.5. The van der Waals surface area contributed by atoms with Crippen molar-refractivity contribution in [3.63, 3.8) is 0 Å². The summed E-state index contributed by atoms with van der Waals surface area (Å²) in [6, 6.07) is 9.12. The molecular formula is C26H32N6O5S. The molecule has 0 saturated heterocycles. The number of rotatable bonds is 11. The Kier molecular flexibility index (Phi) is 7.71. The summed E-state index contributed by atoms with van der Waals surface area (Å²) in [6.45, 7) is 0.355. The van der Waals surface area contributed by atoms with E-state index < -0.39 is 14.8 Å². The SMILES string of the molecule is CN(C)C(=O)CCNS(=O)(=O)C1(CN2CCc3c(C(=O)CCc4ccc(C#N)cc4)nn(C)c3C2=O)CC1. The Morgan fingerprint density at radius 2 is 1.87 bits per heavy atom. The van der Waals surface area contributed by atoms with Gasteiger partial charge < -0.3 is 9.80 Å². The summed E-state index contributed by atoms with van der Waals surface area (Å²) >= 11 is 0. The predicted molar refractivity (Wildman–Crippen MR) is 139 cm³/mol. The van der Waals surface area contributed by atoms with Crippen LogP contribution in [0, 0.1) is 11.3 Å². The Morgan fingerprint density at radius 3 is 2.47 bits per heavy atom. The van der Waals surface area contributed by atoms with Crippen molar-refractivity contribution in [2.24, 2.45) is 7.05 Å². The number of ketones is 1. The average Bonchev–Trinajstić information content (AvgIpc) is 3.60. The van der Waals surface area contributed by atoms with Gasteiger partial charge in [0.15, 0.2) is 5.78 Å². The van der Waals surface area contributed by atoms with E-state index in [4.69, 9.17) is 5.26 Å². The predicted octanol–water partition coefficient (Wildman–Crippen LogP) is 1.04. The van der Waals surface area contributed by atoms with Crippen LogP contribution >= 0.6 is 0 Å². The first kappa shape index (κ1) is 27.5. The minimum absolute atomic E-state index is 0.00879. The molecule has 0 radical (unpaired) electrons. The van der Waals surface area contributed by atoms with Gasteiger partial charge in [-0.1, -0.05) is 12.1 Å². The maximum Gasteiger partial charge on any atom is 0.272 e. The van der Waals surface area contributed by atoms with E-state index in [2.05, 4.69) is 15.9 Å². The van der Waals surface area contributed by atoms with Gasteiger partial charge >= 0.3 is 0 Å². The van der Waals surface area contributed by atoms with E-state index in [-0.39, 0.29) is 49.2 Å². The van der Waals surface area contributed by atoms with E-state index in [9.17, 15) is 22.8 Å². The van der Waals surface area contributed by atoms with Gasteiger partial charge in [-0.25, -0.2) is 13.1 Å². The summed E-state index contributed by atoms with van der Waals surface area (Å²) in [5.41, 5.74) is 2.69. The third-order valence-electron chi connectivity index (χ3n) is 7.24. The molecule has 0 atom stereocenters. The van der Waals surface area contributed by atoms with Crippen LogP contribution in [0.25, 0.3) is 0 Å². The van der Waals surface area contributed by atoms with Crippen molar-refractivity contribution >= 4 is 27.6 Å². The Morgan fingerprint density at radius 1 is 1.18 bits per heavy atom. The van der Waals surface area contributed by atoms with E-state index in [0.717, 1.165) is 5.56 Å². The molecule has 4 rings (SSSR count). The lowest BCUT2D eigenvalue weighted by Crippen LogP contribution is -2.49. The summed E-state index contributed by atoms with van der Waals surface area (Å²) in [6.07, 6.45) is 2.05. The van der Waals surface area contributed by atoms with Crippen LogP contribution in [0.2, 0.25) is 0 Å². The molecule has 2 amide bonds. The van der Waals surface area contributed by atoms with Crippen LogP contribution in [0.5, 0.6) is 0 Å². The van der Waals surface area contributed by atoms with Gasteiger partial charge in [-0.05, 0) is 43.4 Å². The average molecular weight is 541 g/mol. The highest BCUT2D eigenvalue weighted by atomic mass is 32.2. The molecule has 2 heterocycles. The number of amides is 2. The molecule has 1 fully saturated rings. The molecule has 2 aromatic rings. The van der Waals surface area contributed by atoms with Gasteiger partial charge in [0, 0.05) is 59.2 Å². The number of nitrogens with zero attached hydrogens (tertiary/aromatic N) is 5. The van der Waals surface area contributed by atoms with Gasteiger partial charge in [-0.15, -0.1) is 0 Å². The van der Waals surface area contributed by atoms with Crippen molar-refractivity contribution in [1.82, 2.24) is 24.3 Å². The molecule has 38 heavy (non-hydrogen) atoms. The number of hydrogen-bond donors (Lipinski definition) is 1. The normalized spacial score (nSPS) is 16.1. The van der Waals surface area contributed by atoms with Crippen molar-refractivity contribution in [3.8, 4) is 6.07 Å². The standard InChI is InChI=1S/C26H32N6O5S/c1-30(2)22(34)10-14-28-38(36,37)26(12-13-26)17-32-15-11-20-23(29-31(3)24(20)25(32)35)21(33)9-8-18-4-6-19(16-27)7-5-18/h4-7,28H,8-15,17H2,1-3H3. The van der Waals surface area contributed by atoms with Crippen LogP contribution < -0.4 is 4.72 Å². The highest BCUT2D eigenvalue weighted by Crippen LogP contribution is 2.44. The van der Waals surface area contributed by atoms with Crippen LogP contribution in [-0.4, -0.2) is 84.1 Å². The molecule has 1 aliphatic carbocycles. The van der Waals surface area contributed by atoms with Crippen LogP contribution in [0.3, 0.4) is 0 Å². The fourth-order valence-corrected chi connectivity index (χ4v) is 6.38. The van der Waals surface area contributed by atoms with Gasteiger partial charge in [-0.2, -0.15) is 10.4 Å². The maximum absolute atomic E-state index is 13.4. The summed E-state index contributed by atoms with van der Waals surface area (Å²) in [5, 5.41) is 13.3. The molecule has 2 aliphatic rings. The lowest BCUT2D eigenvalue weighted by Gasteiger charge is -2.31. The lowest BCUT2D eigenvalue weighted by atomic mass is 9.98. The third-order valence-corrected chi connectivity index (χ3v) is 9.50. The van der Waals surface area contributed by atoms with Crippen LogP contribution in [0.4, 0.5) is 0 Å². The number of carbonyl (C=O) groups is 3. The molecule has 1 aromatic carbocycles. The number of Topliss-reactive ketones (excluding diaryl/α,β-unsaturated/α-hetero) is 1. The quantitative estimate of drug-likeness (QED) is 0.419. The first-order chi connectivity index (χ1) is 18.0. The van der Waals surface area contributed by atoms with Gasteiger partial charge in [0.1, 0.15) is 16.1 Å². The van der Waals surface area contributed by atoms with E-state index >= 15 is 0 Å². The molecule has 0 bridgehead atoms. The van der Waals surface area contributed by atoms with E-state index in [1.54, 1.807) is 33.3 Å². The molecule has 11 nitrogen and oxygen atoms in total. The number of nitriles is 1. The highest BCUT2D eigenvalue weighted by molar-refractivity contribution is 7.91.